The second kappa shape index (κ2) is 7.08. The Hall–Kier alpha value is -2.95. The molecule has 1 heterocycles. The summed E-state index contributed by atoms with van der Waals surface area (Å²) in [4.78, 5) is 12.9. The van der Waals surface area contributed by atoms with E-state index in [1.807, 2.05) is 56.3 Å². The van der Waals surface area contributed by atoms with Crippen molar-refractivity contribution in [2.24, 2.45) is 5.41 Å². The fraction of sp³-hybridized carbons (Fsp3) is 0.269. The van der Waals surface area contributed by atoms with E-state index >= 15 is 0 Å². The van der Waals surface area contributed by atoms with Gasteiger partial charge in [0.2, 0.25) is 0 Å². The second-order valence-electron chi connectivity index (χ2n) is 8.36. The second-order valence-corrected chi connectivity index (χ2v) is 8.36. The summed E-state index contributed by atoms with van der Waals surface area (Å²) in [6.07, 6.45) is -2.10. The van der Waals surface area contributed by atoms with Gasteiger partial charge in [0.05, 0.1) is 17.1 Å². The van der Waals surface area contributed by atoms with Crippen LogP contribution in [-0.4, -0.2) is 29.6 Å². The molecule has 0 bridgehead atoms. The molecule has 4 atom stereocenters. The molecule has 1 saturated heterocycles. The van der Waals surface area contributed by atoms with Crippen LogP contribution in [0.5, 0.6) is 0 Å². The summed E-state index contributed by atoms with van der Waals surface area (Å²) in [7, 11) is 0. The number of hydrogen-bond donors (Lipinski definition) is 1. The Morgan fingerprint density at radius 1 is 0.900 bits per heavy atom. The molecule has 3 aromatic rings. The Kier molecular flexibility index (Phi) is 4.49. The highest BCUT2D eigenvalue weighted by Gasteiger charge is 2.60. The van der Waals surface area contributed by atoms with Gasteiger partial charge in [-0.15, -0.1) is 0 Å². The van der Waals surface area contributed by atoms with Crippen LogP contribution >= 0.6 is 0 Å². The highest BCUT2D eigenvalue weighted by atomic mass is 16.6. The summed E-state index contributed by atoms with van der Waals surface area (Å²) in [6, 6.07) is 25.4. The van der Waals surface area contributed by atoms with Gasteiger partial charge in [-0.2, -0.15) is 0 Å². The van der Waals surface area contributed by atoms with Crippen molar-refractivity contribution in [2.75, 3.05) is 0 Å². The lowest BCUT2D eigenvalue weighted by Crippen LogP contribution is -2.45. The van der Waals surface area contributed by atoms with E-state index in [2.05, 4.69) is 24.3 Å². The molecule has 1 aliphatic heterocycles. The van der Waals surface area contributed by atoms with Crippen LogP contribution in [0.2, 0.25) is 0 Å². The molecule has 30 heavy (non-hydrogen) atoms. The first-order valence-corrected chi connectivity index (χ1v) is 10.3. The third-order valence-electron chi connectivity index (χ3n) is 6.61. The van der Waals surface area contributed by atoms with Crippen LogP contribution < -0.4 is 0 Å². The minimum atomic E-state index is -1.06. The van der Waals surface area contributed by atoms with E-state index < -0.39 is 29.9 Å². The van der Waals surface area contributed by atoms with Gasteiger partial charge >= 0.3 is 5.97 Å². The molecule has 1 fully saturated rings. The summed E-state index contributed by atoms with van der Waals surface area (Å²) in [5.74, 6) is -0.561. The standard InChI is InChI=1S/C26H24O4/c1-16-23(30-24(27)17-10-4-3-5-11-17)26(2,25(28)29-16)22-20-14-8-6-12-18(20)19-13-7-9-15-21(19)22/h3-16,22-23,25,28H,1-2H3/t16-,23+,25?,26-/m1/s1. The largest absolute Gasteiger partial charge is 0.455 e. The predicted octanol–water partition coefficient (Wildman–Crippen LogP) is 4.77. The number of aliphatic hydroxyl groups is 1. The van der Waals surface area contributed by atoms with Crippen molar-refractivity contribution < 1.29 is 19.4 Å². The molecular formula is C26H24O4. The van der Waals surface area contributed by atoms with Gasteiger partial charge in [-0.1, -0.05) is 73.7 Å². The van der Waals surface area contributed by atoms with Gasteiger partial charge in [-0.05, 0) is 41.3 Å². The molecule has 0 spiro atoms. The Labute approximate surface area is 176 Å². The molecule has 152 valence electrons. The first kappa shape index (κ1) is 19.0. The van der Waals surface area contributed by atoms with Crippen molar-refractivity contribution in [3.63, 3.8) is 0 Å². The van der Waals surface area contributed by atoms with Crippen LogP contribution in [0, 0.1) is 5.41 Å². The zero-order valence-corrected chi connectivity index (χ0v) is 17.0. The zero-order chi connectivity index (χ0) is 20.9. The molecule has 4 nitrogen and oxygen atoms in total. The SMILES string of the molecule is C[C@H]1OC(O)[C@](C)(C2c3ccccc3-c3ccccc32)[C@H]1OC(=O)c1ccccc1. The van der Waals surface area contributed by atoms with Crippen LogP contribution in [-0.2, 0) is 9.47 Å². The van der Waals surface area contributed by atoms with Crippen LogP contribution in [0.25, 0.3) is 11.1 Å². The molecule has 2 aliphatic rings. The Morgan fingerprint density at radius 3 is 2.03 bits per heavy atom. The van der Waals surface area contributed by atoms with E-state index in [-0.39, 0.29) is 5.92 Å². The molecule has 0 saturated carbocycles. The maximum atomic E-state index is 12.9. The summed E-state index contributed by atoms with van der Waals surface area (Å²) in [5, 5.41) is 11.1. The fourth-order valence-corrected chi connectivity index (χ4v) is 5.18. The van der Waals surface area contributed by atoms with Crippen molar-refractivity contribution in [2.45, 2.75) is 38.3 Å². The topological polar surface area (TPSA) is 55.8 Å². The maximum Gasteiger partial charge on any atom is 0.338 e. The molecule has 1 aliphatic carbocycles. The van der Waals surface area contributed by atoms with Gasteiger partial charge < -0.3 is 14.6 Å². The fourth-order valence-electron chi connectivity index (χ4n) is 5.18. The number of hydrogen-bond acceptors (Lipinski definition) is 4. The van der Waals surface area contributed by atoms with E-state index in [0.29, 0.717) is 5.56 Å². The number of carbonyl (C=O) groups is 1. The van der Waals surface area contributed by atoms with Crippen LogP contribution in [0.3, 0.4) is 0 Å². The molecule has 4 heteroatoms. The third kappa shape index (κ3) is 2.72. The van der Waals surface area contributed by atoms with Gasteiger partial charge in [-0.3, -0.25) is 0 Å². The minimum absolute atomic E-state index is 0.154. The van der Waals surface area contributed by atoms with Crippen LogP contribution in [0.1, 0.15) is 41.3 Å². The molecular weight excluding hydrogens is 376 g/mol. The quantitative estimate of drug-likeness (QED) is 0.644. The average Bonchev–Trinajstić information content (AvgIpc) is 3.22. The van der Waals surface area contributed by atoms with E-state index in [1.165, 1.54) is 0 Å². The molecule has 5 rings (SSSR count). The Morgan fingerprint density at radius 2 is 1.43 bits per heavy atom. The smallest absolute Gasteiger partial charge is 0.338 e. The highest BCUT2D eigenvalue weighted by molar-refractivity contribution is 5.89. The number of carbonyl (C=O) groups excluding carboxylic acids is 1. The van der Waals surface area contributed by atoms with Gasteiger partial charge in [0.1, 0.15) is 6.10 Å². The Balaban J connectivity index is 1.60. The third-order valence-corrected chi connectivity index (χ3v) is 6.61. The monoisotopic (exact) mass is 400 g/mol. The number of esters is 1. The summed E-state index contributed by atoms with van der Waals surface area (Å²) in [6.45, 7) is 3.82. The molecule has 0 amide bonds. The normalized spacial score (nSPS) is 27.5. The highest BCUT2D eigenvalue weighted by Crippen LogP contribution is 2.58. The van der Waals surface area contributed by atoms with Gasteiger partial charge in [-0.25, -0.2) is 4.79 Å². The van der Waals surface area contributed by atoms with Gasteiger partial charge in [0, 0.05) is 5.92 Å². The zero-order valence-electron chi connectivity index (χ0n) is 17.0. The number of rotatable bonds is 3. The predicted molar refractivity (Wildman–Crippen MR) is 114 cm³/mol. The van der Waals surface area contributed by atoms with E-state index in [1.54, 1.807) is 12.1 Å². The lowest BCUT2D eigenvalue weighted by Gasteiger charge is -2.39. The van der Waals surface area contributed by atoms with Gasteiger partial charge in [0.25, 0.3) is 0 Å². The number of ether oxygens (including phenoxy) is 2. The van der Waals surface area contributed by atoms with Crippen molar-refractivity contribution in [1.29, 1.82) is 0 Å². The lowest BCUT2D eigenvalue weighted by molar-refractivity contribution is -0.133. The van der Waals surface area contributed by atoms with Crippen LogP contribution in [0.15, 0.2) is 78.9 Å². The number of benzene rings is 3. The van der Waals surface area contributed by atoms with Crippen molar-refractivity contribution in [1.82, 2.24) is 0 Å². The molecule has 3 aromatic carbocycles. The molecule has 1 N–H and O–H groups in total. The summed E-state index contributed by atoms with van der Waals surface area (Å²) >= 11 is 0. The molecule has 0 aromatic heterocycles. The Bertz CT molecular complexity index is 1050. The van der Waals surface area contributed by atoms with E-state index in [4.69, 9.17) is 9.47 Å². The van der Waals surface area contributed by atoms with Crippen molar-refractivity contribution >= 4 is 5.97 Å². The lowest BCUT2D eigenvalue weighted by atomic mass is 9.68. The van der Waals surface area contributed by atoms with Crippen molar-refractivity contribution in [3.05, 3.63) is 95.6 Å². The summed E-state index contributed by atoms with van der Waals surface area (Å²) < 4.78 is 11.9. The molecule has 0 radical (unpaired) electrons. The van der Waals surface area contributed by atoms with Gasteiger partial charge in [0.15, 0.2) is 6.29 Å². The first-order valence-electron chi connectivity index (χ1n) is 10.3. The van der Waals surface area contributed by atoms with E-state index in [9.17, 15) is 9.90 Å². The first-order chi connectivity index (χ1) is 14.5. The maximum absolute atomic E-state index is 12.9. The molecule has 1 unspecified atom stereocenters. The minimum Gasteiger partial charge on any atom is -0.455 e. The van der Waals surface area contributed by atoms with Crippen LogP contribution in [0.4, 0.5) is 0 Å². The summed E-state index contributed by atoms with van der Waals surface area (Å²) in [5.41, 5.74) is 4.20. The van der Waals surface area contributed by atoms with E-state index in [0.717, 1.165) is 22.3 Å². The average molecular weight is 400 g/mol. The number of fused-ring (bicyclic) bond motifs is 3. The van der Waals surface area contributed by atoms with Crippen molar-refractivity contribution in [3.8, 4) is 11.1 Å². The number of aliphatic hydroxyl groups excluding tert-OH is 1.